The lowest BCUT2D eigenvalue weighted by Crippen LogP contribution is -2.72. The maximum Gasteiger partial charge on any atom is 0.246 e. The van der Waals surface area contributed by atoms with Crippen LogP contribution in [0.3, 0.4) is 0 Å². The minimum atomic E-state index is -0.209. The highest BCUT2D eigenvalue weighted by atomic mass is 16.5. The Balaban J connectivity index is 1.22. The summed E-state index contributed by atoms with van der Waals surface area (Å²) in [6.45, 7) is 7.65. The van der Waals surface area contributed by atoms with Gasteiger partial charge in [-0.3, -0.25) is 20.3 Å². The third-order valence-corrected chi connectivity index (χ3v) is 10.5. The largest absolute Gasteiger partial charge is 0.348 e. The highest BCUT2D eigenvalue weighted by molar-refractivity contribution is 5.87. The van der Waals surface area contributed by atoms with Crippen LogP contribution < -0.4 is 10.6 Å². The van der Waals surface area contributed by atoms with E-state index in [4.69, 9.17) is 4.74 Å². The van der Waals surface area contributed by atoms with Crippen LogP contribution in [0.25, 0.3) is 0 Å². The van der Waals surface area contributed by atoms with Crippen molar-refractivity contribution in [2.75, 3.05) is 39.8 Å². The van der Waals surface area contributed by atoms with E-state index in [0.29, 0.717) is 37.5 Å². The van der Waals surface area contributed by atoms with E-state index in [1.807, 2.05) is 4.90 Å². The third kappa shape index (κ3) is 5.16. The second kappa shape index (κ2) is 11.3. The maximum absolute atomic E-state index is 12.5. The molecule has 4 fully saturated rings. The zero-order valence-corrected chi connectivity index (χ0v) is 23.4. The third-order valence-electron chi connectivity index (χ3n) is 10.5. The van der Waals surface area contributed by atoms with E-state index >= 15 is 0 Å². The number of hydrogen-bond acceptors (Lipinski definition) is 7. The molecule has 1 aromatic rings. The molecule has 3 heterocycles. The summed E-state index contributed by atoms with van der Waals surface area (Å²) in [6.07, 6.45) is 9.98. The summed E-state index contributed by atoms with van der Waals surface area (Å²) < 4.78 is 6.56. The Labute approximate surface area is 233 Å². The van der Waals surface area contributed by atoms with Gasteiger partial charge < -0.3 is 14.5 Å². The summed E-state index contributed by atoms with van der Waals surface area (Å²) >= 11 is 0. The van der Waals surface area contributed by atoms with Crippen molar-refractivity contribution in [2.24, 2.45) is 5.92 Å². The second-order valence-electron chi connectivity index (χ2n) is 12.5. The number of nitrogens with one attached hydrogen (secondary N) is 2. The first kappa shape index (κ1) is 26.9. The number of carbonyl (C=O) groups is 1. The van der Waals surface area contributed by atoms with Gasteiger partial charge in [0.1, 0.15) is 0 Å². The van der Waals surface area contributed by atoms with Gasteiger partial charge in [-0.15, -0.1) is 0 Å². The molecule has 7 atom stereocenters. The first-order valence-electron chi connectivity index (χ1n) is 15.0. The topological polar surface area (TPSA) is 83.9 Å². The fraction of sp³-hybridized carbons (Fsp3) is 0.677. The smallest absolute Gasteiger partial charge is 0.246 e. The number of nitrogens with zero attached hydrogens (tertiary/aromatic N) is 4. The number of hydrogen-bond donors (Lipinski definition) is 2. The Kier molecular flexibility index (Phi) is 7.80. The van der Waals surface area contributed by atoms with Crippen molar-refractivity contribution in [3.63, 3.8) is 0 Å². The normalized spacial score (nSPS) is 36.9. The van der Waals surface area contributed by atoms with Gasteiger partial charge in [0.2, 0.25) is 5.91 Å². The molecular weight excluding hydrogens is 488 g/mol. The summed E-state index contributed by atoms with van der Waals surface area (Å²) in [5.41, 5.74) is 3.35. The van der Waals surface area contributed by atoms with Gasteiger partial charge in [-0.05, 0) is 81.2 Å². The number of benzene rings is 1. The van der Waals surface area contributed by atoms with Gasteiger partial charge in [0.05, 0.1) is 31.3 Å². The van der Waals surface area contributed by atoms with Crippen LogP contribution in [0.2, 0.25) is 0 Å². The molecule has 0 aromatic heterocycles. The number of fused-ring (bicyclic) bond motifs is 3. The maximum atomic E-state index is 12.5. The van der Waals surface area contributed by atoms with Crippen LogP contribution >= 0.6 is 0 Å². The zero-order valence-electron chi connectivity index (χ0n) is 23.4. The van der Waals surface area contributed by atoms with E-state index in [0.717, 1.165) is 32.5 Å². The molecule has 8 heteroatoms. The van der Waals surface area contributed by atoms with Gasteiger partial charge in [-0.2, -0.15) is 5.26 Å². The Morgan fingerprint density at radius 3 is 2.87 bits per heavy atom. The van der Waals surface area contributed by atoms with Crippen molar-refractivity contribution < 1.29 is 9.53 Å². The minimum absolute atomic E-state index is 0.0764. The number of likely N-dealkylation sites (tertiary alicyclic amines) is 1. The zero-order chi connectivity index (χ0) is 27.0. The van der Waals surface area contributed by atoms with Crippen molar-refractivity contribution in [3.05, 3.63) is 48.0 Å². The quantitative estimate of drug-likeness (QED) is 0.545. The number of aryl methyl sites for hydroxylation is 1. The predicted molar refractivity (Wildman–Crippen MR) is 151 cm³/mol. The standard InChI is InChI=1S/C31H44N6O2/c1-3-28(38)37-18-17-36(20-23(37)12-15-32)29-25-11-14-31(13-10-22-7-4-5-9-26(22)31)19-27(25)33-30(34-29)39-21-24-8-6-16-35(24)2/h3-5,7,9,23-25,27,29-30,33-34H,1,6,8,10-14,16-21H2,2H3/t23-,24-,25?,27?,29?,30?,31-/m0/s1. The number of likely N-dealkylation sites (N-methyl/N-ethyl adjacent to an activating group) is 1. The van der Waals surface area contributed by atoms with E-state index in [1.54, 1.807) is 5.56 Å². The first-order chi connectivity index (χ1) is 19.0. The molecule has 2 N–H and O–H groups in total. The van der Waals surface area contributed by atoms with Crippen LogP contribution in [-0.4, -0.2) is 91.1 Å². The Bertz CT molecular complexity index is 1100. The Morgan fingerprint density at radius 2 is 2.08 bits per heavy atom. The minimum Gasteiger partial charge on any atom is -0.348 e. The second-order valence-corrected chi connectivity index (χ2v) is 12.5. The number of piperazine rings is 1. The lowest BCUT2D eigenvalue weighted by molar-refractivity contribution is -0.136. The van der Waals surface area contributed by atoms with Crippen LogP contribution in [0.4, 0.5) is 0 Å². The molecule has 2 aliphatic carbocycles. The molecule has 3 saturated heterocycles. The molecule has 39 heavy (non-hydrogen) atoms. The monoisotopic (exact) mass is 532 g/mol. The van der Waals surface area contributed by atoms with Crippen molar-refractivity contribution in [1.82, 2.24) is 25.3 Å². The van der Waals surface area contributed by atoms with Crippen molar-refractivity contribution in [2.45, 2.75) is 87.4 Å². The molecule has 0 radical (unpaired) electrons. The van der Waals surface area contributed by atoms with Crippen LogP contribution in [0.1, 0.15) is 56.1 Å². The summed E-state index contributed by atoms with van der Waals surface area (Å²) in [5.74, 6) is 0.370. The van der Waals surface area contributed by atoms with E-state index in [1.165, 1.54) is 43.7 Å². The molecule has 8 nitrogen and oxygen atoms in total. The number of nitriles is 1. The SMILES string of the molecule is C=CC(=O)N1CCN(C2NC(OC[C@@H]3CCCN3C)NC3C[C@]4(CCc5ccccc54)CCC32)C[C@@H]1CC#N. The van der Waals surface area contributed by atoms with E-state index in [-0.39, 0.29) is 29.9 Å². The fourth-order valence-corrected chi connectivity index (χ4v) is 8.33. The van der Waals surface area contributed by atoms with Crippen LogP contribution in [0.5, 0.6) is 0 Å². The van der Waals surface area contributed by atoms with Crippen LogP contribution in [0.15, 0.2) is 36.9 Å². The summed E-state index contributed by atoms with van der Waals surface area (Å²) in [7, 11) is 2.20. The molecule has 1 amide bonds. The highest BCUT2D eigenvalue weighted by Gasteiger charge is 2.51. The molecule has 1 spiro atoms. The average Bonchev–Trinajstić information content (AvgIpc) is 3.54. The fourth-order valence-electron chi connectivity index (χ4n) is 8.33. The molecule has 1 saturated carbocycles. The molecule has 6 rings (SSSR count). The van der Waals surface area contributed by atoms with Crippen molar-refractivity contribution >= 4 is 5.91 Å². The molecule has 3 aliphatic heterocycles. The van der Waals surface area contributed by atoms with Gasteiger partial charge in [0, 0.05) is 37.6 Å². The summed E-state index contributed by atoms with van der Waals surface area (Å²) in [5, 5.41) is 17.3. The molecule has 1 aromatic carbocycles. The van der Waals surface area contributed by atoms with Gasteiger partial charge in [0.25, 0.3) is 0 Å². The van der Waals surface area contributed by atoms with E-state index in [2.05, 4.69) is 64.4 Å². The highest BCUT2D eigenvalue weighted by Crippen LogP contribution is 2.51. The van der Waals surface area contributed by atoms with Crippen LogP contribution in [0, 0.1) is 17.2 Å². The Hall–Kier alpha value is -2.28. The summed E-state index contributed by atoms with van der Waals surface area (Å²) in [4.78, 5) is 19.3. The van der Waals surface area contributed by atoms with E-state index in [9.17, 15) is 10.1 Å². The number of carbonyl (C=O) groups excluding carboxylic acids is 1. The molecule has 210 valence electrons. The van der Waals surface area contributed by atoms with Crippen molar-refractivity contribution in [1.29, 1.82) is 5.26 Å². The molecule has 0 bridgehead atoms. The van der Waals surface area contributed by atoms with Gasteiger partial charge in [-0.1, -0.05) is 30.8 Å². The average molecular weight is 533 g/mol. The summed E-state index contributed by atoms with van der Waals surface area (Å²) in [6, 6.07) is 12.1. The molecule has 5 aliphatic rings. The number of ether oxygens (including phenoxy) is 1. The van der Waals surface area contributed by atoms with E-state index < -0.39 is 0 Å². The lowest BCUT2D eigenvalue weighted by atomic mass is 9.64. The first-order valence-corrected chi connectivity index (χ1v) is 15.0. The molecule has 4 unspecified atom stereocenters. The van der Waals surface area contributed by atoms with Crippen molar-refractivity contribution in [3.8, 4) is 6.07 Å². The van der Waals surface area contributed by atoms with Gasteiger partial charge >= 0.3 is 0 Å². The lowest BCUT2D eigenvalue weighted by Gasteiger charge is -2.55. The van der Waals surface area contributed by atoms with Crippen LogP contribution in [-0.2, 0) is 21.4 Å². The molecular formula is C31H44N6O2. The number of rotatable bonds is 6. The Morgan fingerprint density at radius 1 is 1.21 bits per heavy atom. The number of amides is 1. The predicted octanol–water partition coefficient (Wildman–Crippen LogP) is 2.57. The van der Waals surface area contributed by atoms with Gasteiger partial charge in [-0.25, -0.2) is 0 Å². The van der Waals surface area contributed by atoms with Gasteiger partial charge in [0.15, 0.2) is 6.35 Å².